The topological polar surface area (TPSA) is 0 Å². The summed E-state index contributed by atoms with van der Waals surface area (Å²) in [6.45, 7) is 4.14. The van der Waals surface area contributed by atoms with Gasteiger partial charge >= 0.3 is 21.1 Å². The van der Waals surface area contributed by atoms with Gasteiger partial charge in [0, 0.05) is 0 Å². The van der Waals surface area contributed by atoms with E-state index in [4.69, 9.17) is 0 Å². The maximum atomic E-state index is 4.14. The van der Waals surface area contributed by atoms with Crippen LogP contribution in [0, 0.1) is 14.0 Å². The van der Waals surface area contributed by atoms with E-state index in [9.17, 15) is 0 Å². The summed E-state index contributed by atoms with van der Waals surface area (Å²) in [6, 6.07) is 3.03. The third-order valence-electron chi connectivity index (χ3n) is 1.72. The Labute approximate surface area is 75.3 Å². The zero-order valence-corrected chi connectivity index (χ0v) is 9.56. The second-order valence-electron chi connectivity index (χ2n) is 2.50. The molecule has 0 bridgehead atoms. The second-order valence-corrected chi connectivity index (χ2v) is 5.39. The van der Waals surface area contributed by atoms with Crippen molar-refractivity contribution in [3.63, 3.8) is 0 Å². The van der Waals surface area contributed by atoms with E-state index in [-0.39, 0.29) is 37.3 Å². The molecule has 1 rings (SSSR count). The van der Waals surface area contributed by atoms with Gasteiger partial charge in [0.1, 0.15) is 0 Å². The van der Waals surface area contributed by atoms with E-state index in [0.29, 0.717) is 0 Å². The maximum absolute atomic E-state index is 4.14. The SMILES string of the molecule is [CH2-][SiH]1CCCCC1.[CH3-].[Pt+2]. The Bertz CT molecular complexity index is 50.9. The first-order valence-corrected chi connectivity index (χ1v) is 5.67. The van der Waals surface area contributed by atoms with Gasteiger partial charge in [0.15, 0.2) is 0 Å². The van der Waals surface area contributed by atoms with Crippen molar-refractivity contribution in [3.05, 3.63) is 14.0 Å². The first-order chi connectivity index (χ1) is 3.39. The van der Waals surface area contributed by atoms with E-state index < -0.39 is 0 Å². The summed E-state index contributed by atoms with van der Waals surface area (Å²) < 4.78 is 0. The van der Waals surface area contributed by atoms with Crippen molar-refractivity contribution in [2.24, 2.45) is 0 Å². The molecule has 0 saturated carbocycles. The molecule has 9 heavy (non-hydrogen) atoms. The first kappa shape index (κ1) is 12.6. The van der Waals surface area contributed by atoms with E-state index in [2.05, 4.69) is 6.55 Å². The van der Waals surface area contributed by atoms with Gasteiger partial charge in [-0.05, 0) is 0 Å². The van der Waals surface area contributed by atoms with Crippen molar-refractivity contribution >= 4 is 8.80 Å². The fourth-order valence-corrected chi connectivity index (χ4v) is 3.21. The van der Waals surface area contributed by atoms with Gasteiger partial charge < -0.3 is 14.0 Å². The van der Waals surface area contributed by atoms with Crippen LogP contribution in [0.15, 0.2) is 0 Å². The zero-order valence-electron chi connectivity index (χ0n) is 6.14. The fourth-order valence-electron chi connectivity index (χ4n) is 1.19. The molecule has 2 heteroatoms. The summed E-state index contributed by atoms with van der Waals surface area (Å²) in [6.07, 6.45) is 4.46. The third-order valence-corrected chi connectivity index (χ3v) is 4.17. The second kappa shape index (κ2) is 7.02. The van der Waals surface area contributed by atoms with Gasteiger partial charge in [-0.15, -0.1) is 8.80 Å². The molecule has 0 aromatic carbocycles. The minimum atomic E-state index is -0.345. The molecule has 1 aliphatic heterocycles. The van der Waals surface area contributed by atoms with Crippen LogP contribution in [0.5, 0.6) is 0 Å². The van der Waals surface area contributed by atoms with Crippen LogP contribution in [-0.2, 0) is 21.1 Å². The molecule has 1 heterocycles. The average molecular weight is 323 g/mol. The van der Waals surface area contributed by atoms with E-state index in [1.807, 2.05) is 0 Å². The van der Waals surface area contributed by atoms with E-state index in [0.717, 1.165) is 0 Å². The van der Waals surface area contributed by atoms with Crippen LogP contribution in [0.1, 0.15) is 19.3 Å². The molecule has 0 N–H and O–H groups in total. The van der Waals surface area contributed by atoms with Crippen molar-refractivity contribution in [2.45, 2.75) is 31.4 Å². The van der Waals surface area contributed by atoms with Crippen LogP contribution < -0.4 is 0 Å². The summed E-state index contributed by atoms with van der Waals surface area (Å²) in [5.41, 5.74) is 0. The summed E-state index contributed by atoms with van der Waals surface area (Å²) >= 11 is 0. The molecular formula is C7H16PtSi. The Morgan fingerprint density at radius 3 is 1.67 bits per heavy atom. The number of rotatable bonds is 0. The van der Waals surface area contributed by atoms with Gasteiger partial charge in [-0.1, -0.05) is 31.4 Å². The Hall–Kier alpha value is 0.905. The molecule has 58 valence electrons. The zero-order chi connectivity index (χ0) is 5.11. The molecule has 0 radical (unpaired) electrons. The summed E-state index contributed by atoms with van der Waals surface area (Å²) in [4.78, 5) is 0. The van der Waals surface area contributed by atoms with Crippen LogP contribution in [0.4, 0.5) is 0 Å². The van der Waals surface area contributed by atoms with Crippen LogP contribution in [0.3, 0.4) is 0 Å². The summed E-state index contributed by atoms with van der Waals surface area (Å²) in [5.74, 6) is 0. The predicted molar refractivity (Wildman–Crippen MR) is 42.4 cm³/mol. The predicted octanol–water partition coefficient (Wildman–Crippen LogP) is 2.22. The van der Waals surface area contributed by atoms with Gasteiger partial charge in [0.25, 0.3) is 0 Å². The molecule has 0 aliphatic carbocycles. The Balaban J connectivity index is 0. The maximum Gasteiger partial charge on any atom is 2.00 e. The quantitative estimate of drug-likeness (QED) is 0.474. The molecule has 0 atom stereocenters. The third kappa shape index (κ3) is 5.35. The molecular weight excluding hydrogens is 307 g/mol. The van der Waals surface area contributed by atoms with Crippen LogP contribution in [0.25, 0.3) is 0 Å². The molecule has 0 amide bonds. The molecule has 1 fully saturated rings. The summed E-state index contributed by atoms with van der Waals surface area (Å²) in [7, 11) is -0.345. The smallest absolute Gasteiger partial charge is 0.358 e. The van der Waals surface area contributed by atoms with Crippen LogP contribution in [0.2, 0.25) is 12.1 Å². The average Bonchev–Trinajstić information content (AvgIpc) is 1.69. The van der Waals surface area contributed by atoms with Gasteiger partial charge in [-0.2, -0.15) is 0 Å². The van der Waals surface area contributed by atoms with E-state index in [1.165, 1.54) is 31.4 Å². The molecule has 0 aromatic heterocycles. The molecule has 1 saturated heterocycles. The van der Waals surface area contributed by atoms with Crippen LogP contribution >= 0.6 is 0 Å². The number of hydrogen-bond donors (Lipinski definition) is 0. The van der Waals surface area contributed by atoms with Gasteiger partial charge in [0.2, 0.25) is 0 Å². The van der Waals surface area contributed by atoms with E-state index in [1.54, 1.807) is 0 Å². The molecule has 0 nitrogen and oxygen atoms in total. The standard InChI is InChI=1S/C6H13Si.CH3.Pt/c1-7-5-3-2-4-6-7;;/h7H,1-6H2;1H3;/q2*-1;+2. The van der Waals surface area contributed by atoms with Gasteiger partial charge in [0.05, 0.1) is 0 Å². The van der Waals surface area contributed by atoms with Crippen molar-refractivity contribution in [1.29, 1.82) is 0 Å². The Kier molecular flexibility index (Phi) is 9.80. The Morgan fingerprint density at radius 2 is 1.44 bits per heavy atom. The Morgan fingerprint density at radius 1 is 1.00 bits per heavy atom. The van der Waals surface area contributed by atoms with Crippen LogP contribution in [-0.4, -0.2) is 8.80 Å². The van der Waals surface area contributed by atoms with Gasteiger partial charge in [-0.3, -0.25) is 0 Å². The summed E-state index contributed by atoms with van der Waals surface area (Å²) in [5, 5.41) is 0. The first-order valence-electron chi connectivity index (χ1n) is 3.22. The van der Waals surface area contributed by atoms with Crippen molar-refractivity contribution in [2.75, 3.05) is 0 Å². The van der Waals surface area contributed by atoms with Crippen molar-refractivity contribution in [3.8, 4) is 0 Å². The minimum absolute atomic E-state index is 0. The van der Waals surface area contributed by atoms with E-state index >= 15 is 0 Å². The normalized spacial score (nSPS) is 19.7. The number of hydrogen-bond acceptors (Lipinski definition) is 0. The largest absolute Gasteiger partial charge is 2.00 e. The fraction of sp³-hybridized carbons (Fsp3) is 0.714. The minimum Gasteiger partial charge on any atom is -0.358 e. The molecule has 0 spiro atoms. The molecule has 1 aliphatic rings. The monoisotopic (exact) mass is 323 g/mol. The molecule has 0 unspecified atom stereocenters. The van der Waals surface area contributed by atoms with Crippen molar-refractivity contribution in [1.82, 2.24) is 0 Å². The molecule has 0 aromatic rings. The van der Waals surface area contributed by atoms with Crippen molar-refractivity contribution < 1.29 is 21.1 Å². The van der Waals surface area contributed by atoms with Gasteiger partial charge in [-0.25, -0.2) is 0 Å².